The number of carbonyl (C=O) groups excluding carboxylic acids is 2. The second-order valence-electron chi connectivity index (χ2n) is 6.91. The Morgan fingerprint density at radius 2 is 2.03 bits per heavy atom. The molecule has 0 atom stereocenters. The molecule has 0 fully saturated rings. The number of thioether (sulfide) groups is 1. The number of hydrogen-bond donors (Lipinski definition) is 1. The van der Waals surface area contributed by atoms with E-state index in [1.54, 1.807) is 18.2 Å². The van der Waals surface area contributed by atoms with E-state index in [1.807, 2.05) is 24.3 Å². The van der Waals surface area contributed by atoms with Crippen LogP contribution in [0.5, 0.6) is 0 Å². The van der Waals surface area contributed by atoms with Crippen molar-refractivity contribution in [1.29, 1.82) is 0 Å². The van der Waals surface area contributed by atoms with Gasteiger partial charge in [0.15, 0.2) is 6.61 Å². The van der Waals surface area contributed by atoms with E-state index in [2.05, 4.69) is 29.3 Å². The van der Waals surface area contributed by atoms with Crippen molar-refractivity contribution >= 4 is 29.3 Å². The van der Waals surface area contributed by atoms with Gasteiger partial charge in [-0.3, -0.25) is 4.79 Å². The highest BCUT2D eigenvalue weighted by Gasteiger charge is 2.18. The second kappa shape index (κ2) is 8.08. The van der Waals surface area contributed by atoms with Gasteiger partial charge in [-0.15, -0.1) is 11.8 Å². The van der Waals surface area contributed by atoms with Crippen LogP contribution in [-0.2, 0) is 16.1 Å². The zero-order valence-corrected chi connectivity index (χ0v) is 16.8. The van der Waals surface area contributed by atoms with Gasteiger partial charge in [-0.1, -0.05) is 43.3 Å². The van der Waals surface area contributed by atoms with E-state index >= 15 is 0 Å². The first-order chi connectivity index (χ1) is 14.0. The summed E-state index contributed by atoms with van der Waals surface area (Å²) in [5, 5.41) is 6.70. The number of anilines is 1. The Kier molecular flexibility index (Phi) is 5.35. The Bertz CT molecular complexity index is 1060. The number of benzene rings is 2. The van der Waals surface area contributed by atoms with Gasteiger partial charge in [0.05, 0.1) is 17.0 Å². The fourth-order valence-corrected chi connectivity index (χ4v) is 3.66. The molecule has 1 aliphatic rings. The Morgan fingerprint density at radius 1 is 1.24 bits per heavy atom. The largest absolute Gasteiger partial charge is 0.452 e. The summed E-state index contributed by atoms with van der Waals surface area (Å²) in [6, 6.07) is 13.0. The van der Waals surface area contributed by atoms with Crippen LogP contribution in [0.3, 0.4) is 0 Å². The molecule has 0 spiro atoms. The quantitative estimate of drug-likeness (QED) is 0.629. The Labute approximate surface area is 171 Å². The van der Waals surface area contributed by atoms with Crippen LogP contribution in [0.15, 0.2) is 51.9 Å². The van der Waals surface area contributed by atoms with Gasteiger partial charge in [-0.25, -0.2) is 4.79 Å². The molecule has 2 heterocycles. The molecule has 148 valence electrons. The van der Waals surface area contributed by atoms with Gasteiger partial charge in [0.2, 0.25) is 11.7 Å². The molecule has 3 aromatic rings. The van der Waals surface area contributed by atoms with Crippen molar-refractivity contribution in [1.82, 2.24) is 10.1 Å². The van der Waals surface area contributed by atoms with Gasteiger partial charge < -0.3 is 14.6 Å². The molecule has 0 aliphatic carbocycles. The number of ether oxygens (including phenoxy) is 1. The molecule has 1 N–H and O–H groups in total. The number of nitrogens with zero attached hydrogens (tertiary/aromatic N) is 2. The van der Waals surface area contributed by atoms with Crippen molar-refractivity contribution in [3.05, 3.63) is 59.5 Å². The summed E-state index contributed by atoms with van der Waals surface area (Å²) in [7, 11) is 0. The molecule has 7 nitrogen and oxygen atoms in total. The minimum Gasteiger partial charge on any atom is -0.452 e. The maximum Gasteiger partial charge on any atom is 0.338 e. The highest BCUT2D eigenvalue weighted by atomic mass is 32.2. The molecule has 0 bridgehead atoms. The molecule has 0 radical (unpaired) electrons. The van der Waals surface area contributed by atoms with Crippen molar-refractivity contribution in [2.24, 2.45) is 0 Å². The summed E-state index contributed by atoms with van der Waals surface area (Å²) in [5.74, 6) is 0.852. The lowest BCUT2D eigenvalue weighted by atomic mass is 10.0. The van der Waals surface area contributed by atoms with Crippen molar-refractivity contribution in [3.8, 4) is 11.4 Å². The monoisotopic (exact) mass is 409 g/mol. The molecule has 0 saturated heterocycles. The zero-order valence-electron chi connectivity index (χ0n) is 16.0. The summed E-state index contributed by atoms with van der Waals surface area (Å²) < 4.78 is 10.5. The van der Waals surface area contributed by atoms with E-state index in [0.717, 1.165) is 10.5 Å². The van der Waals surface area contributed by atoms with Crippen LogP contribution < -0.4 is 5.32 Å². The van der Waals surface area contributed by atoms with Crippen LogP contribution in [-0.4, -0.2) is 27.8 Å². The predicted octanol–water partition coefficient (Wildman–Crippen LogP) is 4.26. The average molecular weight is 409 g/mol. The van der Waals surface area contributed by atoms with Gasteiger partial charge >= 0.3 is 5.97 Å². The first-order valence-electron chi connectivity index (χ1n) is 9.16. The minimum atomic E-state index is -0.529. The van der Waals surface area contributed by atoms with Crippen molar-refractivity contribution in [2.45, 2.75) is 31.3 Å². The number of esters is 1. The number of amides is 1. The third-order valence-electron chi connectivity index (χ3n) is 4.48. The number of carbonyl (C=O) groups is 2. The lowest BCUT2D eigenvalue weighted by Crippen LogP contribution is -2.19. The van der Waals surface area contributed by atoms with Gasteiger partial charge in [0.1, 0.15) is 0 Å². The molecule has 1 aliphatic heterocycles. The van der Waals surface area contributed by atoms with E-state index in [1.165, 1.54) is 17.3 Å². The standard InChI is InChI=1S/C21H19N3O4S/c1-12(2)13-3-5-14(6-4-13)20-23-19(28-24-20)10-27-21(26)15-7-8-17-16(9-15)22-18(25)11-29-17/h3-9,12H,10-11H2,1-2H3,(H,22,25). The highest BCUT2D eigenvalue weighted by molar-refractivity contribution is 8.00. The first-order valence-corrected chi connectivity index (χ1v) is 10.1. The SMILES string of the molecule is CC(C)c1ccc(-c2noc(COC(=O)c3ccc4c(c3)NC(=O)CS4)n2)cc1. The number of fused-ring (bicyclic) bond motifs is 1. The fraction of sp³-hybridized carbons (Fsp3) is 0.238. The summed E-state index contributed by atoms with van der Waals surface area (Å²) in [4.78, 5) is 29.1. The van der Waals surface area contributed by atoms with Crippen LogP contribution in [0.1, 0.15) is 41.6 Å². The lowest BCUT2D eigenvalue weighted by molar-refractivity contribution is -0.113. The topological polar surface area (TPSA) is 94.3 Å². The van der Waals surface area contributed by atoms with Crippen molar-refractivity contribution < 1.29 is 18.8 Å². The summed E-state index contributed by atoms with van der Waals surface area (Å²) >= 11 is 1.43. The van der Waals surface area contributed by atoms with Crippen LogP contribution in [0.4, 0.5) is 5.69 Å². The molecule has 1 amide bonds. The molecule has 0 saturated carbocycles. The van der Waals surface area contributed by atoms with E-state index in [9.17, 15) is 9.59 Å². The lowest BCUT2D eigenvalue weighted by Gasteiger charge is -2.16. The van der Waals surface area contributed by atoms with Crippen molar-refractivity contribution in [3.63, 3.8) is 0 Å². The molecule has 0 unspecified atom stereocenters. The number of hydrogen-bond acceptors (Lipinski definition) is 7. The Hall–Kier alpha value is -3.13. The molecular formula is C21H19N3O4S. The van der Waals surface area contributed by atoms with E-state index in [0.29, 0.717) is 28.7 Å². The minimum absolute atomic E-state index is 0.0900. The average Bonchev–Trinajstić information content (AvgIpc) is 3.20. The smallest absolute Gasteiger partial charge is 0.338 e. The normalized spacial score (nSPS) is 13.1. The fourth-order valence-electron chi connectivity index (χ4n) is 2.87. The highest BCUT2D eigenvalue weighted by Crippen LogP contribution is 2.32. The molecule has 29 heavy (non-hydrogen) atoms. The Balaban J connectivity index is 1.40. The maximum absolute atomic E-state index is 12.3. The third kappa shape index (κ3) is 4.32. The molecule has 4 rings (SSSR count). The number of aromatic nitrogens is 2. The van der Waals surface area contributed by atoms with Gasteiger partial charge in [0.25, 0.3) is 5.89 Å². The van der Waals surface area contributed by atoms with Crippen LogP contribution >= 0.6 is 11.8 Å². The molecule has 1 aromatic heterocycles. The van der Waals surface area contributed by atoms with Crippen LogP contribution in [0.25, 0.3) is 11.4 Å². The van der Waals surface area contributed by atoms with Gasteiger partial charge in [-0.2, -0.15) is 4.98 Å². The van der Waals surface area contributed by atoms with Crippen LogP contribution in [0.2, 0.25) is 0 Å². The predicted molar refractivity (Wildman–Crippen MR) is 109 cm³/mol. The summed E-state index contributed by atoms with van der Waals surface area (Å²) in [5.41, 5.74) is 3.02. The maximum atomic E-state index is 12.3. The van der Waals surface area contributed by atoms with Gasteiger partial charge in [0, 0.05) is 10.5 Å². The molecular weight excluding hydrogens is 390 g/mol. The van der Waals surface area contributed by atoms with E-state index in [4.69, 9.17) is 9.26 Å². The number of rotatable bonds is 5. The Morgan fingerprint density at radius 3 is 2.79 bits per heavy atom. The van der Waals surface area contributed by atoms with E-state index < -0.39 is 5.97 Å². The van der Waals surface area contributed by atoms with Crippen LogP contribution in [0, 0.1) is 0 Å². The number of nitrogens with one attached hydrogen (secondary N) is 1. The molecule has 2 aromatic carbocycles. The first kappa shape index (κ1) is 19.2. The van der Waals surface area contributed by atoms with Crippen molar-refractivity contribution in [2.75, 3.05) is 11.1 Å². The van der Waals surface area contributed by atoms with Gasteiger partial charge in [-0.05, 0) is 29.7 Å². The summed E-state index contributed by atoms with van der Waals surface area (Å²) in [6.07, 6.45) is 0. The third-order valence-corrected chi connectivity index (χ3v) is 5.55. The van der Waals surface area contributed by atoms with E-state index in [-0.39, 0.29) is 18.4 Å². The summed E-state index contributed by atoms with van der Waals surface area (Å²) in [6.45, 7) is 4.13. The molecule has 8 heteroatoms. The zero-order chi connectivity index (χ0) is 20.4. The second-order valence-corrected chi connectivity index (χ2v) is 7.93.